The fourth-order valence-electron chi connectivity index (χ4n) is 17.5. The van der Waals surface area contributed by atoms with Crippen LogP contribution >= 0.6 is 0 Å². The largest absolute Gasteiger partial charge is 0.310 e. The van der Waals surface area contributed by atoms with Crippen molar-refractivity contribution < 1.29 is 0 Å². The average molecular weight is 1170 g/mol. The third kappa shape index (κ3) is 11.9. The Bertz CT molecular complexity index is 3540. The van der Waals surface area contributed by atoms with Gasteiger partial charge in [0.05, 0.1) is 11.4 Å². The van der Waals surface area contributed by atoms with Crippen molar-refractivity contribution in [2.45, 2.75) is 224 Å². The van der Waals surface area contributed by atoms with Crippen LogP contribution in [-0.2, 0) is 47.3 Å². The van der Waals surface area contributed by atoms with E-state index in [1.54, 1.807) is 22.3 Å². The first-order chi connectivity index (χ1) is 41.5. The lowest BCUT2D eigenvalue weighted by atomic mass is 9.55. The molecule has 460 valence electrons. The second-order valence-electron chi connectivity index (χ2n) is 31.6. The molecule has 2 nitrogen and oxygen atoms in total. The molecule has 3 aliphatic carbocycles. The number of benzene rings is 8. The van der Waals surface area contributed by atoms with E-state index in [2.05, 4.69) is 282 Å². The van der Waals surface area contributed by atoms with E-state index in [4.69, 9.17) is 0 Å². The SMILES string of the molecule is Cc1ccc(N(c2ccc3c(c2)C24CC(CCc5c(C)cc(C(C)(C)C)cc5C)CC2(CC(CCc2c(C)cc(C(C)(C)C)cc2C)C4)c2cc(N(c4ccc(C)cc4)c4c(C)cc(CC(C)C)cc4C)ccc2-3)c2c(C)cc(CC(C)C)cc2C)cc1. The number of nitrogens with zero attached hydrogens (tertiary/aromatic N) is 2. The lowest BCUT2D eigenvalue weighted by Gasteiger charge is -2.48. The highest BCUT2D eigenvalue weighted by atomic mass is 15.2. The van der Waals surface area contributed by atoms with Crippen LogP contribution in [0.1, 0.15) is 208 Å². The van der Waals surface area contributed by atoms with Gasteiger partial charge in [0, 0.05) is 33.6 Å². The Kier molecular flexibility index (Phi) is 17.1. The Balaban J connectivity index is 1.14. The number of hydrogen-bond acceptors (Lipinski definition) is 2. The molecule has 88 heavy (non-hydrogen) atoms. The summed E-state index contributed by atoms with van der Waals surface area (Å²) in [6.45, 7) is 47.0. The highest BCUT2D eigenvalue weighted by Crippen LogP contribution is 2.73. The second kappa shape index (κ2) is 24.0. The molecule has 0 spiro atoms. The summed E-state index contributed by atoms with van der Waals surface area (Å²) in [6.07, 6.45) is 11.6. The van der Waals surface area contributed by atoms with Crippen LogP contribution in [0.2, 0.25) is 0 Å². The standard InChI is InChI=1S/C86H106N2/c1-53(2)37-67-39-61(11)81(62(12)40-67)87(71-27-21-55(5)22-28-71)73-31-35-77-78-36-32-74(88(72-29-23-56(6)24-30-72)82-63(13)41-68(38-54(3)4)42-64(82)14)48-80(78)86-51-65(25-33-75-57(7)43-69(44-58(75)8)83(15,16)17)49-85(86,79(77)47-73)50-66(52-86)26-34-76-59(9)45-70(46-60(76)10)84(18,19)20/h21-24,27-32,35-36,39-48,53-54,65-66H,25-26,33-34,37-38,49-52H2,1-20H3. The van der Waals surface area contributed by atoms with Crippen LogP contribution < -0.4 is 9.80 Å². The summed E-state index contributed by atoms with van der Waals surface area (Å²) in [6, 6.07) is 54.2. The van der Waals surface area contributed by atoms with E-state index >= 15 is 0 Å². The van der Waals surface area contributed by atoms with Crippen molar-refractivity contribution in [3.8, 4) is 11.1 Å². The third-order valence-electron chi connectivity index (χ3n) is 21.5. The lowest BCUT2D eigenvalue weighted by molar-refractivity contribution is 0.299. The van der Waals surface area contributed by atoms with Crippen molar-refractivity contribution in [3.05, 3.63) is 234 Å². The number of rotatable bonds is 16. The molecule has 0 atom stereocenters. The Hall–Kier alpha value is -6.64. The summed E-state index contributed by atoms with van der Waals surface area (Å²) in [5.41, 5.74) is 36.3. The van der Waals surface area contributed by atoms with Gasteiger partial charge in [-0.1, -0.05) is 165 Å². The van der Waals surface area contributed by atoms with Gasteiger partial charge in [0.25, 0.3) is 0 Å². The summed E-state index contributed by atoms with van der Waals surface area (Å²) in [5, 5.41) is 0. The number of aryl methyl sites for hydroxylation is 10. The summed E-state index contributed by atoms with van der Waals surface area (Å²) in [7, 11) is 0. The highest BCUT2D eigenvalue weighted by Gasteiger charge is 2.66. The molecule has 0 saturated heterocycles. The predicted molar refractivity (Wildman–Crippen MR) is 381 cm³/mol. The van der Waals surface area contributed by atoms with Gasteiger partial charge in [-0.05, 0) is 317 Å². The zero-order valence-corrected chi connectivity index (χ0v) is 58.0. The van der Waals surface area contributed by atoms with Gasteiger partial charge in [0.1, 0.15) is 0 Å². The smallest absolute Gasteiger partial charge is 0.0520 e. The van der Waals surface area contributed by atoms with Gasteiger partial charge in [-0.25, -0.2) is 0 Å². The van der Waals surface area contributed by atoms with E-state index < -0.39 is 0 Å². The summed E-state index contributed by atoms with van der Waals surface area (Å²) in [4.78, 5) is 5.27. The molecule has 8 aromatic rings. The van der Waals surface area contributed by atoms with E-state index in [0.29, 0.717) is 23.7 Å². The van der Waals surface area contributed by atoms with E-state index in [1.165, 1.54) is 162 Å². The number of hydrogen-bond donors (Lipinski definition) is 0. The maximum atomic E-state index is 2.75. The van der Waals surface area contributed by atoms with Crippen LogP contribution in [-0.4, -0.2) is 0 Å². The van der Waals surface area contributed by atoms with Gasteiger partial charge in [0.15, 0.2) is 0 Å². The lowest BCUT2D eigenvalue weighted by Crippen LogP contribution is -2.43. The summed E-state index contributed by atoms with van der Waals surface area (Å²) >= 11 is 0. The van der Waals surface area contributed by atoms with Gasteiger partial charge < -0.3 is 9.80 Å². The minimum Gasteiger partial charge on any atom is -0.310 e. The molecule has 3 aliphatic rings. The molecule has 0 radical (unpaired) electrons. The normalized spacial score (nSPS) is 18.8. The molecule has 0 aliphatic heterocycles. The first-order valence-corrected chi connectivity index (χ1v) is 34.0. The van der Waals surface area contributed by atoms with Crippen LogP contribution in [0, 0.1) is 92.9 Å². The minimum absolute atomic E-state index is 0.0805. The van der Waals surface area contributed by atoms with Gasteiger partial charge in [-0.15, -0.1) is 0 Å². The first kappa shape index (κ1) is 62.9. The maximum absolute atomic E-state index is 2.75. The predicted octanol–water partition coefficient (Wildman–Crippen LogP) is 23.9. The van der Waals surface area contributed by atoms with E-state index in [1.807, 2.05) is 0 Å². The van der Waals surface area contributed by atoms with E-state index in [-0.39, 0.29) is 21.7 Å². The van der Waals surface area contributed by atoms with Crippen molar-refractivity contribution in [1.29, 1.82) is 0 Å². The van der Waals surface area contributed by atoms with Crippen molar-refractivity contribution in [2.24, 2.45) is 23.7 Å². The van der Waals surface area contributed by atoms with Gasteiger partial charge in [0.2, 0.25) is 0 Å². The molecular formula is C86H106N2. The molecule has 8 aromatic carbocycles. The van der Waals surface area contributed by atoms with Gasteiger partial charge in [-0.2, -0.15) is 0 Å². The zero-order chi connectivity index (χ0) is 63.1. The first-order valence-electron chi connectivity index (χ1n) is 34.0. The summed E-state index contributed by atoms with van der Waals surface area (Å²) in [5.74, 6) is 2.29. The maximum Gasteiger partial charge on any atom is 0.0520 e. The Morgan fingerprint density at radius 1 is 0.375 bits per heavy atom. The molecule has 2 heteroatoms. The Labute approximate surface area is 533 Å². The second-order valence-corrected chi connectivity index (χ2v) is 31.6. The fourth-order valence-corrected chi connectivity index (χ4v) is 17.5. The van der Waals surface area contributed by atoms with Crippen LogP contribution in [0.3, 0.4) is 0 Å². The topological polar surface area (TPSA) is 6.48 Å². The molecule has 0 N–H and O–H groups in total. The average Bonchev–Trinajstić information content (AvgIpc) is 1.48. The molecule has 0 bridgehead atoms. The Morgan fingerprint density at radius 3 is 0.955 bits per heavy atom. The van der Waals surface area contributed by atoms with Crippen molar-refractivity contribution >= 4 is 34.1 Å². The van der Waals surface area contributed by atoms with Gasteiger partial charge >= 0.3 is 0 Å². The summed E-state index contributed by atoms with van der Waals surface area (Å²) < 4.78 is 0. The number of anilines is 6. The third-order valence-corrected chi connectivity index (χ3v) is 21.5. The van der Waals surface area contributed by atoms with Gasteiger partial charge in [-0.3, -0.25) is 0 Å². The molecule has 2 saturated carbocycles. The van der Waals surface area contributed by atoms with Crippen molar-refractivity contribution in [2.75, 3.05) is 9.80 Å². The van der Waals surface area contributed by atoms with E-state index in [9.17, 15) is 0 Å². The fraction of sp³-hybridized carbons (Fsp3) is 0.442. The molecule has 11 rings (SSSR count). The van der Waals surface area contributed by atoms with Crippen LogP contribution in [0.15, 0.2) is 133 Å². The molecule has 0 aromatic heterocycles. The molecule has 0 heterocycles. The molecule has 2 fully saturated rings. The monoisotopic (exact) mass is 1170 g/mol. The van der Waals surface area contributed by atoms with E-state index in [0.717, 1.165) is 25.7 Å². The zero-order valence-electron chi connectivity index (χ0n) is 58.0. The Morgan fingerprint density at radius 2 is 0.670 bits per heavy atom. The van der Waals surface area contributed by atoms with Crippen LogP contribution in [0.4, 0.5) is 34.1 Å². The van der Waals surface area contributed by atoms with Crippen molar-refractivity contribution in [3.63, 3.8) is 0 Å². The molecule has 0 amide bonds. The quantitative estimate of drug-likeness (QED) is 0.0951. The number of fused-ring (bicyclic) bond motifs is 3. The van der Waals surface area contributed by atoms with Crippen LogP contribution in [0.25, 0.3) is 11.1 Å². The minimum atomic E-state index is -0.0805. The van der Waals surface area contributed by atoms with Crippen LogP contribution in [0.5, 0.6) is 0 Å². The van der Waals surface area contributed by atoms with Crippen molar-refractivity contribution in [1.82, 2.24) is 0 Å². The molecular weight excluding hydrogens is 1060 g/mol. The molecule has 0 unspecified atom stereocenters. The highest BCUT2D eigenvalue weighted by molar-refractivity contribution is 5.89.